The van der Waals surface area contributed by atoms with Gasteiger partial charge in [0.25, 0.3) is 0 Å². The Morgan fingerprint density at radius 3 is 2.31 bits per heavy atom. The molecule has 158 valence electrons. The Labute approximate surface area is 179 Å². The van der Waals surface area contributed by atoms with E-state index in [1.807, 2.05) is 29.2 Å². The first kappa shape index (κ1) is 21.6. The molecule has 2 heterocycles. The summed E-state index contributed by atoms with van der Waals surface area (Å²) in [6.07, 6.45) is 1.49. The molecule has 6 nitrogen and oxygen atoms in total. The van der Waals surface area contributed by atoms with Gasteiger partial charge in [-0.1, -0.05) is 0 Å². The molecule has 1 aromatic rings. The molecule has 1 aromatic carbocycles. The molecule has 1 atom stereocenters. The molecule has 3 rings (SSSR count). The van der Waals surface area contributed by atoms with Crippen molar-refractivity contribution in [1.82, 2.24) is 15.1 Å². The largest absolute Gasteiger partial charge is 0.368 e. The number of amides is 1. The number of carbonyl (C=O) groups excluding carboxylic acids is 2. The van der Waals surface area contributed by atoms with Crippen molar-refractivity contribution in [2.24, 2.45) is 0 Å². The molecule has 1 N–H and O–H groups in total. The molecule has 0 unspecified atom stereocenters. The average molecular weight is 417 g/mol. The van der Waals surface area contributed by atoms with Crippen molar-refractivity contribution in [3.05, 3.63) is 29.8 Å². The Hall–Kier alpha value is -2.15. The summed E-state index contributed by atoms with van der Waals surface area (Å²) >= 11 is 5.52. The molecule has 0 aliphatic carbocycles. The van der Waals surface area contributed by atoms with Crippen LogP contribution < -0.4 is 10.2 Å². The minimum Gasteiger partial charge on any atom is -0.368 e. The molecule has 2 fully saturated rings. The minimum absolute atomic E-state index is 0.00988. The van der Waals surface area contributed by atoms with Gasteiger partial charge in [-0.2, -0.15) is 0 Å². The normalized spacial score (nSPS) is 21.7. The Bertz CT molecular complexity index is 770. The van der Waals surface area contributed by atoms with Gasteiger partial charge in [-0.3, -0.25) is 9.59 Å². The van der Waals surface area contributed by atoms with E-state index < -0.39 is 0 Å². The zero-order valence-corrected chi connectivity index (χ0v) is 18.7. The van der Waals surface area contributed by atoms with Crippen molar-refractivity contribution in [1.29, 1.82) is 0 Å². The number of ketones is 1. The van der Waals surface area contributed by atoms with Crippen LogP contribution in [-0.4, -0.2) is 70.9 Å². The smallest absolute Gasteiger partial charge is 0.224 e. The number of nitrogens with zero attached hydrogens (tertiary/aromatic N) is 3. The first-order valence-corrected chi connectivity index (χ1v) is 10.8. The minimum atomic E-state index is 0.00988. The molecule has 2 saturated heterocycles. The Morgan fingerprint density at radius 1 is 1.14 bits per heavy atom. The van der Waals surface area contributed by atoms with Crippen LogP contribution in [0, 0.1) is 0 Å². The maximum Gasteiger partial charge on any atom is 0.224 e. The fourth-order valence-electron chi connectivity index (χ4n) is 4.28. The van der Waals surface area contributed by atoms with E-state index >= 15 is 0 Å². The fourth-order valence-corrected chi connectivity index (χ4v) is 4.83. The lowest BCUT2D eigenvalue weighted by atomic mass is 9.93. The molecule has 0 radical (unpaired) electrons. The fraction of sp³-hybridized carbons (Fsp3) is 0.591. The predicted molar refractivity (Wildman–Crippen MR) is 120 cm³/mol. The van der Waals surface area contributed by atoms with Crippen LogP contribution in [0.15, 0.2) is 24.3 Å². The van der Waals surface area contributed by atoms with Gasteiger partial charge in [0.2, 0.25) is 5.91 Å². The van der Waals surface area contributed by atoms with Crippen molar-refractivity contribution < 1.29 is 9.59 Å². The second kappa shape index (κ2) is 8.69. The summed E-state index contributed by atoms with van der Waals surface area (Å²) in [7, 11) is 0. The summed E-state index contributed by atoms with van der Waals surface area (Å²) in [4.78, 5) is 30.5. The zero-order valence-electron chi connectivity index (χ0n) is 17.9. The number of hydrogen-bond donors (Lipinski definition) is 1. The lowest BCUT2D eigenvalue weighted by molar-refractivity contribution is -0.131. The van der Waals surface area contributed by atoms with Crippen LogP contribution in [0.3, 0.4) is 0 Å². The van der Waals surface area contributed by atoms with Crippen LogP contribution >= 0.6 is 12.2 Å². The van der Waals surface area contributed by atoms with E-state index in [1.165, 1.54) is 0 Å². The first-order chi connectivity index (χ1) is 13.7. The van der Waals surface area contributed by atoms with Crippen molar-refractivity contribution in [2.75, 3.05) is 37.6 Å². The van der Waals surface area contributed by atoms with Gasteiger partial charge in [0.15, 0.2) is 10.9 Å². The first-order valence-electron chi connectivity index (χ1n) is 10.4. The molecule has 0 aromatic heterocycles. The van der Waals surface area contributed by atoms with Gasteiger partial charge in [-0.25, -0.2) is 0 Å². The average Bonchev–Trinajstić information content (AvgIpc) is 2.66. The number of nitrogens with one attached hydrogen (secondary N) is 1. The maximum absolute atomic E-state index is 12.7. The van der Waals surface area contributed by atoms with Crippen molar-refractivity contribution >= 4 is 34.7 Å². The summed E-state index contributed by atoms with van der Waals surface area (Å²) in [6, 6.07) is 8.05. The standard InChI is InChI=1S/C22H32N4O2S/c1-16-15-22(3,4)23-21(29)26(16)10-9-20(28)25-13-11-24(12-14-25)19-7-5-18(6-8-19)17(2)27/h5-8,16H,9-15H2,1-4H3,(H,23,29)/t16-/m0/s1. The summed E-state index contributed by atoms with van der Waals surface area (Å²) in [5.41, 5.74) is 1.84. The van der Waals surface area contributed by atoms with E-state index in [1.54, 1.807) is 6.92 Å². The monoisotopic (exact) mass is 416 g/mol. The van der Waals surface area contributed by atoms with Gasteiger partial charge in [0.05, 0.1) is 0 Å². The number of piperazine rings is 1. The lowest BCUT2D eigenvalue weighted by Gasteiger charge is -2.45. The van der Waals surface area contributed by atoms with Crippen LogP contribution in [0.5, 0.6) is 0 Å². The molecule has 2 aliphatic rings. The van der Waals surface area contributed by atoms with Crippen LogP contribution in [0.25, 0.3) is 0 Å². The second-order valence-corrected chi connectivity index (χ2v) is 9.17. The molecule has 29 heavy (non-hydrogen) atoms. The maximum atomic E-state index is 12.7. The van der Waals surface area contributed by atoms with Crippen molar-refractivity contribution in [2.45, 2.75) is 52.1 Å². The quantitative estimate of drug-likeness (QED) is 0.588. The SMILES string of the molecule is CC(=O)c1ccc(N2CCN(C(=O)CCN3C(=S)NC(C)(C)C[C@@H]3C)CC2)cc1. The summed E-state index contributed by atoms with van der Waals surface area (Å²) < 4.78 is 0. The third-order valence-corrected chi connectivity index (χ3v) is 6.22. The van der Waals surface area contributed by atoms with Crippen LogP contribution in [0.4, 0.5) is 5.69 Å². The number of benzene rings is 1. The summed E-state index contributed by atoms with van der Waals surface area (Å²) in [5, 5.41) is 4.13. The molecule has 0 saturated carbocycles. The molecule has 0 spiro atoms. The molecule has 2 aliphatic heterocycles. The Balaban J connectivity index is 1.47. The Morgan fingerprint density at radius 2 is 1.76 bits per heavy atom. The van der Waals surface area contributed by atoms with Gasteiger partial charge in [0.1, 0.15) is 0 Å². The second-order valence-electron chi connectivity index (χ2n) is 8.78. The van der Waals surface area contributed by atoms with Crippen molar-refractivity contribution in [3.63, 3.8) is 0 Å². The van der Waals surface area contributed by atoms with E-state index in [4.69, 9.17) is 12.2 Å². The number of Topliss-reactive ketones (excluding diaryl/α,β-unsaturated/α-hetero) is 1. The summed E-state index contributed by atoms with van der Waals surface area (Å²) in [5.74, 6) is 0.268. The highest BCUT2D eigenvalue weighted by molar-refractivity contribution is 7.80. The van der Waals surface area contributed by atoms with Gasteiger partial charge in [-0.05, 0) is 70.6 Å². The van der Waals surface area contributed by atoms with Gasteiger partial charge in [0, 0.05) is 62.0 Å². The highest BCUT2D eigenvalue weighted by Crippen LogP contribution is 2.22. The third-order valence-electron chi connectivity index (χ3n) is 5.88. The molecule has 1 amide bonds. The number of thiocarbonyl (C=S) groups is 1. The topological polar surface area (TPSA) is 55.9 Å². The zero-order chi connectivity index (χ0) is 21.2. The lowest BCUT2D eigenvalue weighted by Crippen LogP contribution is -2.60. The van der Waals surface area contributed by atoms with E-state index in [0.717, 1.165) is 49.0 Å². The van der Waals surface area contributed by atoms with Crippen LogP contribution in [-0.2, 0) is 4.79 Å². The number of anilines is 1. The van der Waals surface area contributed by atoms with E-state index in [9.17, 15) is 9.59 Å². The third kappa shape index (κ3) is 5.26. The van der Waals surface area contributed by atoms with Gasteiger partial charge >= 0.3 is 0 Å². The highest BCUT2D eigenvalue weighted by Gasteiger charge is 2.33. The van der Waals surface area contributed by atoms with Crippen molar-refractivity contribution in [3.8, 4) is 0 Å². The number of hydrogen-bond acceptors (Lipinski definition) is 4. The Kier molecular flexibility index (Phi) is 6.46. The van der Waals surface area contributed by atoms with E-state index in [2.05, 4.69) is 35.9 Å². The summed E-state index contributed by atoms with van der Waals surface area (Å²) in [6.45, 7) is 11.8. The predicted octanol–water partition coefficient (Wildman–Crippen LogP) is 2.68. The molecule has 0 bridgehead atoms. The van der Waals surface area contributed by atoms with Crippen LogP contribution in [0.1, 0.15) is 50.9 Å². The number of carbonyl (C=O) groups is 2. The molecular weight excluding hydrogens is 384 g/mol. The molecular formula is C22H32N4O2S. The highest BCUT2D eigenvalue weighted by atomic mass is 32.1. The molecule has 7 heteroatoms. The van der Waals surface area contributed by atoms with E-state index in [0.29, 0.717) is 19.0 Å². The number of rotatable bonds is 5. The van der Waals surface area contributed by atoms with Gasteiger partial charge in [-0.15, -0.1) is 0 Å². The van der Waals surface area contributed by atoms with Crippen LogP contribution in [0.2, 0.25) is 0 Å². The van der Waals surface area contributed by atoms with Gasteiger partial charge < -0.3 is 20.0 Å². The van der Waals surface area contributed by atoms with E-state index in [-0.39, 0.29) is 17.2 Å².